The number of likely N-dealkylation sites (tertiary alicyclic amines) is 2. The van der Waals surface area contributed by atoms with E-state index in [0.717, 1.165) is 30.6 Å². The van der Waals surface area contributed by atoms with Crippen molar-refractivity contribution >= 4 is 17.7 Å². The minimum absolute atomic E-state index is 0.104. The Balaban J connectivity index is 1.67. The highest BCUT2D eigenvalue weighted by Gasteiger charge is 2.55. The van der Waals surface area contributed by atoms with E-state index in [1.165, 1.54) is 19.2 Å². The fourth-order valence-electron chi connectivity index (χ4n) is 5.31. The van der Waals surface area contributed by atoms with Crippen LogP contribution in [0.4, 0.5) is 4.39 Å². The van der Waals surface area contributed by atoms with Crippen LogP contribution in [0.25, 0.3) is 0 Å². The molecule has 0 unspecified atom stereocenters. The smallest absolute Gasteiger partial charge is 0.241 e. The maximum atomic E-state index is 14.8. The highest BCUT2D eigenvalue weighted by Crippen LogP contribution is 2.43. The lowest BCUT2D eigenvalue weighted by atomic mass is 9.75. The average molecular weight is 402 g/mol. The van der Waals surface area contributed by atoms with Crippen molar-refractivity contribution in [1.29, 1.82) is 0 Å². The molecule has 2 saturated heterocycles. The van der Waals surface area contributed by atoms with Crippen LogP contribution in [0, 0.1) is 11.7 Å². The topological polar surface area (TPSA) is 66.9 Å². The molecule has 156 valence electrons. The van der Waals surface area contributed by atoms with E-state index < -0.39 is 17.1 Å². The number of amides is 3. The number of benzene rings is 1. The molecule has 1 saturated carbocycles. The van der Waals surface area contributed by atoms with E-state index in [0.29, 0.717) is 12.5 Å². The molecule has 4 rings (SSSR count). The van der Waals surface area contributed by atoms with Crippen molar-refractivity contribution in [2.24, 2.45) is 5.92 Å². The number of fused-ring (bicyclic) bond motifs is 2. The van der Waals surface area contributed by atoms with E-state index >= 15 is 0 Å². The van der Waals surface area contributed by atoms with Crippen molar-refractivity contribution in [3.8, 4) is 0 Å². The number of ether oxygens (including phenoxy) is 1. The van der Waals surface area contributed by atoms with Crippen LogP contribution in [0.3, 0.4) is 0 Å². The molecule has 1 aromatic carbocycles. The second-order valence-corrected chi connectivity index (χ2v) is 8.49. The Morgan fingerprint density at radius 1 is 1.28 bits per heavy atom. The maximum Gasteiger partial charge on any atom is 0.241 e. The van der Waals surface area contributed by atoms with E-state index in [4.69, 9.17) is 4.74 Å². The zero-order valence-corrected chi connectivity index (χ0v) is 16.7. The molecule has 0 N–H and O–H groups in total. The number of carbonyl (C=O) groups is 3. The number of hydrogen-bond donors (Lipinski definition) is 0. The highest BCUT2D eigenvalue weighted by molar-refractivity contribution is 6.10. The summed E-state index contributed by atoms with van der Waals surface area (Å²) in [6, 6.07) is 6.19. The molecule has 1 aliphatic carbocycles. The number of carbonyl (C=O) groups excluding carboxylic acids is 3. The second kappa shape index (κ2) is 7.86. The van der Waals surface area contributed by atoms with Crippen LogP contribution in [-0.2, 0) is 24.5 Å². The Hall–Kier alpha value is -2.28. The molecular formula is C22H27FN2O4. The Kier molecular flexibility index (Phi) is 5.42. The summed E-state index contributed by atoms with van der Waals surface area (Å²) in [5, 5.41) is 0. The zero-order valence-electron chi connectivity index (χ0n) is 16.7. The van der Waals surface area contributed by atoms with Crippen molar-refractivity contribution in [1.82, 2.24) is 9.80 Å². The van der Waals surface area contributed by atoms with E-state index in [1.807, 2.05) is 4.90 Å². The third-order valence-electron chi connectivity index (χ3n) is 6.74. The number of methoxy groups -OCH3 is 1. The van der Waals surface area contributed by atoms with Crippen LogP contribution < -0.4 is 0 Å². The van der Waals surface area contributed by atoms with Crippen LogP contribution in [0.5, 0.6) is 0 Å². The van der Waals surface area contributed by atoms with Gasteiger partial charge in [-0.3, -0.25) is 19.3 Å². The molecule has 29 heavy (non-hydrogen) atoms. The third kappa shape index (κ3) is 3.45. The summed E-state index contributed by atoms with van der Waals surface area (Å²) in [5.74, 6) is -1.09. The average Bonchev–Trinajstić information content (AvgIpc) is 3.13. The second-order valence-electron chi connectivity index (χ2n) is 8.49. The van der Waals surface area contributed by atoms with E-state index in [-0.39, 0.29) is 49.4 Å². The van der Waals surface area contributed by atoms with E-state index in [2.05, 4.69) is 0 Å². The molecule has 3 amide bonds. The van der Waals surface area contributed by atoms with Crippen LogP contribution in [0.15, 0.2) is 24.3 Å². The normalized spacial score (nSPS) is 29.0. The summed E-state index contributed by atoms with van der Waals surface area (Å²) in [5.41, 5.74) is -1.35. The minimum atomic E-state index is -1.48. The van der Waals surface area contributed by atoms with Gasteiger partial charge in [0, 0.05) is 38.1 Å². The predicted octanol–water partition coefficient (Wildman–Crippen LogP) is 2.26. The number of rotatable bonds is 6. The molecule has 3 fully saturated rings. The van der Waals surface area contributed by atoms with Crippen molar-refractivity contribution in [2.75, 3.05) is 26.8 Å². The molecular weight excluding hydrogens is 375 g/mol. The lowest BCUT2D eigenvalue weighted by molar-refractivity contribution is -0.143. The van der Waals surface area contributed by atoms with Gasteiger partial charge in [0.15, 0.2) is 0 Å². The molecule has 0 aromatic heterocycles. The van der Waals surface area contributed by atoms with Crippen LogP contribution in [0.2, 0.25) is 0 Å². The van der Waals surface area contributed by atoms with Gasteiger partial charge in [-0.2, -0.15) is 0 Å². The van der Waals surface area contributed by atoms with Crippen LogP contribution in [-0.4, -0.2) is 60.4 Å². The summed E-state index contributed by atoms with van der Waals surface area (Å²) >= 11 is 0. The van der Waals surface area contributed by atoms with Crippen LogP contribution >= 0.6 is 0 Å². The van der Waals surface area contributed by atoms with Gasteiger partial charge in [-0.25, -0.2) is 4.39 Å². The molecule has 0 radical (unpaired) electrons. The Morgan fingerprint density at radius 3 is 2.79 bits per heavy atom. The first-order valence-corrected chi connectivity index (χ1v) is 10.3. The zero-order chi connectivity index (χ0) is 20.6. The highest BCUT2D eigenvalue weighted by atomic mass is 19.1. The number of imide groups is 1. The number of nitrogens with zero attached hydrogens (tertiary/aromatic N) is 2. The molecule has 3 atom stereocenters. The first-order valence-electron chi connectivity index (χ1n) is 10.3. The SMILES string of the molecule is COCCN1C(=O)C[C@](CC(=O)N2C[C@@H]3CCC[C@H]2C3)(c2ccccc2F)C1=O. The quantitative estimate of drug-likeness (QED) is 0.685. The van der Waals surface area contributed by atoms with Gasteiger partial charge < -0.3 is 9.64 Å². The van der Waals surface area contributed by atoms with Crippen molar-refractivity contribution < 1.29 is 23.5 Å². The van der Waals surface area contributed by atoms with Crippen molar-refractivity contribution in [2.45, 2.75) is 50.0 Å². The van der Waals surface area contributed by atoms with E-state index in [1.54, 1.807) is 12.1 Å². The standard InChI is InChI=1S/C22H27FN2O4/c1-29-10-9-24-19(26)12-22(21(24)28,17-7-2-3-8-18(17)23)13-20(27)25-14-15-5-4-6-16(25)11-15/h2-3,7-8,15-16H,4-6,9-14H2,1H3/t15-,16+,22+/m1/s1. The van der Waals surface area contributed by atoms with Gasteiger partial charge in [0.1, 0.15) is 5.82 Å². The molecule has 3 aliphatic rings. The van der Waals surface area contributed by atoms with Gasteiger partial charge in [-0.1, -0.05) is 24.6 Å². The summed E-state index contributed by atoms with van der Waals surface area (Å²) in [6.07, 6.45) is 3.85. The summed E-state index contributed by atoms with van der Waals surface area (Å²) in [6.45, 7) is 1.01. The molecule has 0 spiro atoms. The third-order valence-corrected chi connectivity index (χ3v) is 6.74. The van der Waals surface area contributed by atoms with Gasteiger partial charge in [0.05, 0.1) is 18.6 Å². The summed E-state index contributed by atoms with van der Waals surface area (Å²) in [7, 11) is 1.49. The molecule has 2 aliphatic heterocycles. The van der Waals surface area contributed by atoms with Gasteiger partial charge in [0.25, 0.3) is 0 Å². The monoisotopic (exact) mass is 402 g/mol. The Bertz CT molecular complexity index is 829. The Morgan fingerprint density at radius 2 is 2.07 bits per heavy atom. The lowest BCUT2D eigenvalue weighted by Gasteiger charge is -2.31. The molecule has 1 aromatic rings. The molecule has 7 heteroatoms. The summed E-state index contributed by atoms with van der Waals surface area (Å²) in [4.78, 5) is 42.4. The van der Waals surface area contributed by atoms with Gasteiger partial charge >= 0.3 is 0 Å². The first-order chi connectivity index (χ1) is 14.0. The molecule has 6 nitrogen and oxygen atoms in total. The van der Waals surface area contributed by atoms with Gasteiger partial charge in [-0.05, 0) is 31.2 Å². The minimum Gasteiger partial charge on any atom is -0.383 e. The molecule has 2 bridgehead atoms. The maximum absolute atomic E-state index is 14.8. The fraction of sp³-hybridized carbons (Fsp3) is 0.591. The lowest BCUT2D eigenvalue weighted by Crippen LogP contribution is -2.45. The molecule has 2 heterocycles. The summed E-state index contributed by atoms with van der Waals surface area (Å²) < 4.78 is 19.8. The van der Waals surface area contributed by atoms with Crippen molar-refractivity contribution in [3.63, 3.8) is 0 Å². The van der Waals surface area contributed by atoms with Crippen LogP contribution in [0.1, 0.15) is 44.1 Å². The number of halogens is 1. The predicted molar refractivity (Wildman–Crippen MR) is 103 cm³/mol. The van der Waals surface area contributed by atoms with Crippen molar-refractivity contribution in [3.05, 3.63) is 35.6 Å². The Labute approximate surface area is 170 Å². The number of hydrogen-bond acceptors (Lipinski definition) is 4. The van der Waals surface area contributed by atoms with E-state index in [9.17, 15) is 18.8 Å². The van der Waals surface area contributed by atoms with Gasteiger partial charge in [-0.15, -0.1) is 0 Å². The first kappa shape index (κ1) is 20.0. The largest absolute Gasteiger partial charge is 0.383 e. The fourth-order valence-corrected chi connectivity index (χ4v) is 5.31. The van der Waals surface area contributed by atoms with Gasteiger partial charge in [0.2, 0.25) is 17.7 Å².